The zero-order valence-electron chi connectivity index (χ0n) is 12.5. The average Bonchev–Trinajstić information content (AvgIpc) is 2.55. The lowest BCUT2D eigenvalue weighted by Gasteiger charge is -2.13. The molecule has 0 aliphatic rings. The summed E-state index contributed by atoms with van der Waals surface area (Å²) in [5, 5.41) is 9.57. The van der Waals surface area contributed by atoms with E-state index in [1.807, 2.05) is 6.07 Å². The van der Waals surface area contributed by atoms with E-state index >= 15 is 0 Å². The zero-order valence-corrected chi connectivity index (χ0v) is 13.3. The number of ether oxygens (including phenoxy) is 3. The molecule has 0 radical (unpaired) electrons. The molecule has 0 aliphatic carbocycles. The fraction of sp³-hybridized carbons (Fsp3) is 0.235. The minimum atomic E-state index is -0.611. The molecule has 0 bridgehead atoms. The first-order chi connectivity index (χ1) is 11.2. The SMILES string of the molecule is COCOCc1ccc(Cl)cc1COc1cccc(F)c1C#N. The molecule has 2 aromatic carbocycles. The lowest BCUT2D eigenvalue weighted by molar-refractivity contribution is -0.0394. The van der Waals surface area contributed by atoms with Crippen LogP contribution in [-0.4, -0.2) is 13.9 Å². The number of benzene rings is 2. The molecule has 0 saturated carbocycles. The van der Waals surface area contributed by atoms with Crippen molar-refractivity contribution in [3.8, 4) is 11.8 Å². The summed E-state index contributed by atoms with van der Waals surface area (Å²) >= 11 is 6.01. The van der Waals surface area contributed by atoms with Gasteiger partial charge in [0.1, 0.15) is 36.6 Å². The Hall–Kier alpha value is -2.13. The number of nitrogens with zero attached hydrogens (tertiary/aromatic N) is 1. The Morgan fingerprint density at radius 3 is 2.74 bits per heavy atom. The van der Waals surface area contributed by atoms with Crippen LogP contribution in [-0.2, 0) is 22.7 Å². The van der Waals surface area contributed by atoms with Crippen LogP contribution < -0.4 is 4.74 Å². The first-order valence-corrected chi connectivity index (χ1v) is 7.19. The molecule has 0 unspecified atom stereocenters. The summed E-state index contributed by atoms with van der Waals surface area (Å²) in [5.74, 6) is -0.420. The highest BCUT2D eigenvalue weighted by molar-refractivity contribution is 6.30. The highest BCUT2D eigenvalue weighted by atomic mass is 35.5. The maximum atomic E-state index is 13.6. The zero-order chi connectivity index (χ0) is 16.7. The molecule has 0 fully saturated rings. The van der Waals surface area contributed by atoms with E-state index in [-0.39, 0.29) is 24.7 Å². The van der Waals surface area contributed by atoms with E-state index in [1.54, 1.807) is 31.4 Å². The van der Waals surface area contributed by atoms with Gasteiger partial charge in [0, 0.05) is 12.1 Å². The van der Waals surface area contributed by atoms with Crippen molar-refractivity contribution in [2.75, 3.05) is 13.9 Å². The Morgan fingerprint density at radius 1 is 1.17 bits per heavy atom. The van der Waals surface area contributed by atoms with Crippen LogP contribution in [0.15, 0.2) is 36.4 Å². The molecule has 0 aromatic heterocycles. The Balaban J connectivity index is 2.15. The molecule has 0 aliphatic heterocycles. The molecule has 2 rings (SSSR count). The van der Waals surface area contributed by atoms with E-state index in [2.05, 4.69) is 0 Å². The normalized spacial score (nSPS) is 10.3. The molecule has 2 aromatic rings. The fourth-order valence-electron chi connectivity index (χ4n) is 1.99. The lowest BCUT2D eigenvalue weighted by atomic mass is 10.1. The summed E-state index contributed by atoms with van der Waals surface area (Å²) < 4.78 is 29.3. The van der Waals surface area contributed by atoms with Crippen LogP contribution in [0.5, 0.6) is 5.75 Å². The molecular weight excluding hydrogens is 321 g/mol. The summed E-state index contributed by atoms with van der Waals surface area (Å²) in [7, 11) is 1.54. The van der Waals surface area contributed by atoms with Gasteiger partial charge in [-0.1, -0.05) is 23.7 Å². The highest BCUT2D eigenvalue weighted by Gasteiger charge is 2.11. The van der Waals surface area contributed by atoms with Crippen LogP contribution in [0.3, 0.4) is 0 Å². The Bertz CT molecular complexity index is 715. The number of nitriles is 1. The predicted octanol–water partition coefficient (Wildman–Crippen LogP) is 4.05. The minimum Gasteiger partial charge on any atom is -0.487 e. The van der Waals surface area contributed by atoms with Crippen molar-refractivity contribution < 1.29 is 18.6 Å². The quantitative estimate of drug-likeness (QED) is 0.566. The van der Waals surface area contributed by atoms with Crippen LogP contribution in [0.25, 0.3) is 0 Å². The van der Waals surface area contributed by atoms with E-state index in [0.717, 1.165) is 11.1 Å². The second-order valence-electron chi connectivity index (χ2n) is 4.68. The van der Waals surface area contributed by atoms with Crippen molar-refractivity contribution in [1.29, 1.82) is 5.26 Å². The van der Waals surface area contributed by atoms with Crippen molar-refractivity contribution >= 4 is 11.6 Å². The van der Waals surface area contributed by atoms with E-state index in [4.69, 9.17) is 31.1 Å². The van der Waals surface area contributed by atoms with Crippen LogP contribution in [0.1, 0.15) is 16.7 Å². The third kappa shape index (κ3) is 4.67. The van der Waals surface area contributed by atoms with Crippen molar-refractivity contribution in [3.05, 3.63) is 63.9 Å². The molecule has 4 nitrogen and oxygen atoms in total. The van der Waals surface area contributed by atoms with Gasteiger partial charge < -0.3 is 14.2 Å². The molecule has 0 amide bonds. The van der Waals surface area contributed by atoms with Crippen molar-refractivity contribution in [1.82, 2.24) is 0 Å². The number of methoxy groups -OCH3 is 1. The maximum absolute atomic E-state index is 13.6. The molecule has 23 heavy (non-hydrogen) atoms. The number of hydrogen-bond acceptors (Lipinski definition) is 4. The standard InChI is InChI=1S/C17H15ClFNO3/c1-21-11-22-9-12-5-6-14(18)7-13(12)10-23-17-4-2-3-16(19)15(17)8-20/h2-7H,9-11H2,1H3. The smallest absolute Gasteiger partial charge is 0.146 e. The van der Waals surface area contributed by atoms with Gasteiger partial charge in [-0.05, 0) is 35.4 Å². The number of rotatable bonds is 7. The van der Waals surface area contributed by atoms with Gasteiger partial charge >= 0.3 is 0 Å². The third-order valence-corrected chi connectivity index (χ3v) is 3.33. The summed E-state index contributed by atoms with van der Waals surface area (Å²) in [6, 6.07) is 11.4. The van der Waals surface area contributed by atoms with Crippen LogP contribution in [0.2, 0.25) is 5.02 Å². The molecule has 0 N–H and O–H groups in total. The number of hydrogen-bond donors (Lipinski definition) is 0. The van der Waals surface area contributed by atoms with E-state index in [9.17, 15) is 4.39 Å². The number of halogens is 2. The first-order valence-electron chi connectivity index (χ1n) is 6.81. The van der Waals surface area contributed by atoms with Gasteiger partial charge in [-0.3, -0.25) is 0 Å². The first kappa shape index (κ1) is 17.2. The summed E-state index contributed by atoms with van der Waals surface area (Å²) in [5.41, 5.74) is 1.55. The van der Waals surface area contributed by atoms with Crippen molar-refractivity contribution in [2.45, 2.75) is 13.2 Å². The summed E-state index contributed by atoms with van der Waals surface area (Å²) in [6.45, 7) is 0.647. The topological polar surface area (TPSA) is 51.5 Å². The second-order valence-corrected chi connectivity index (χ2v) is 5.12. The van der Waals surface area contributed by atoms with Gasteiger partial charge in [-0.25, -0.2) is 4.39 Å². The molecule has 120 valence electrons. The van der Waals surface area contributed by atoms with E-state index in [1.165, 1.54) is 12.1 Å². The minimum absolute atomic E-state index is 0.119. The fourth-order valence-corrected chi connectivity index (χ4v) is 2.19. The Morgan fingerprint density at radius 2 is 2.00 bits per heavy atom. The Labute approximate surface area is 139 Å². The van der Waals surface area contributed by atoms with Crippen molar-refractivity contribution in [2.24, 2.45) is 0 Å². The van der Waals surface area contributed by atoms with Crippen LogP contribution >= 0.6 is 11.6 Å². The van der Waals surface area contributed by atoms with Crippen LogP contribution in [0.4, 0.5) is 4.39 Å². The Kier molecular flexibility index (Phi) is 6.36. The molecule has 0 heterocycles. The van der Waals surface area contributed by atoms with Crippen molar-refractivity contribution in [3.63, 3.8) is 0 Å². The predicted molar refractivity (Wildman–Crippen MR) is 83.6 cm³/mol. The largest absolute Gasteiger partial charge is 0.487 e. The molecular formula is C17H15ClFNO3. The average molecular weight is 336 g/mol. The highest BCUT2D eigenvalue weighted by Crippen LogP contribution is 2.23. The molecule has 0 spiro atoms. The van der Waals surface area contributed by atoms with Gasteiger partial charge in [0.15, 0.2) is 0 Å². The molecule has 0 atom stereocenters. The van der Waals surface area contributed by atoms with Gasteiger partial charge in [-0.15, -0.1) is 0 Å². The lowest BCUT2D eigenvalue weighted by Crippen LogP contribution is -2.04. The summed E-state index contributed by atoms with van der Waals surface area (Å²) in [4.78, 5) is 0. The van der Waals surface area contributed by atoms with Crippen LogP contribution in [0, 0.1) is 17.1 Å². The maximum Gasteiger partial charge on any atom is 0.146 e. The van der Waals surface area contributed by atoms with E-state index in [0.29, 0.717) is 11.6 Å². The second kappa shape index (κ2) is 8.49. The van der Waals surface area contributed by atoms with Gasteiger partial charge in [0.25, 0.3) is 0 Å². The summed E-state index contributed by atoms with van der Waals surface area (Å²) in [6.07, 6.45) is 0. The third-order valence-electron chi connectivity index (χ3n) is 3.10. The molecule has 6 heteroatoms. The van der Waals surface area contributed by atoms with E-state index < -0.39 is 5.82 Å². The van der Waals surface area contributed by atoms with Gasteiger partial charge in [0.2, 0.25) is 0 Å². The monoisotopic (exact) mass is 335 g/mol. The molecule has 0 saturated heterocycles. The van der Waals surface area contributed by atoms with Gasteiger partial charge in [0.05, 0.1) is 6.61 Å². The van der Waals surface area contributed by atoms with Gasteiger partial charge in [-0.2, -0.15) is 5.26 Å².